The Morgan fingerprint density at radius 2 is 1.67 bits per heavy atom. The van der Waals surface area contributed by atoms with Gasteiger partial charge < -0.3 is 4.74 Å². The topological polar surface area (TPSA) is 9.23 Å². The average Bonchev–Trinajstić information content (AvgIpc) is 2.57. The van der Waals surface area contributed by atoms with E-state index in [4.69, 9.17) is 4.74 Å². The molecule has 0 aliphatic carbocycles. The third-order valence-corrected chi connectivity index (χ3v) is 3.69. The SMILES string of the molecule is CC(C)C1(C(C)C)Cc2ccccc2O1. The molecule has 0 saturated heterocycles. The average molecular weight is 204 g/mol. The van der Waals surface area contributed by atoms with Crippen LogP contribution in [-0.4, -0.2) is 5.60 Å². The molecule has 1 heteroatoms. The zero-order chi connectivity index (χ0) is 11.1. The highest BCUT2D eigenvalue weighted by atomic mass is 16.5. The number of rotatable bonds is 2. The number of hydrogen-bond donors (Lipinski definition) is 0. The van der Waals surface area contributed by atoms with E-state index in [1.54, 1.807) is 0 Å². The Hall–Kier alpha value is -0.980. The van der Waals surface area contributed by atoms with Crippen LogP contribution in [0.15, 0.2) is 24.3 Å². The third-order valence-electron chi connectivity index (χ3n) is 3.69. The van der Waals surface area contributed by atoms with Gasteiger partial charge in [-0.25, -0.2) is 0 Å². The van der Waals surface area contributed by atoms with E-state index in [-0.39, 0.29) is 5.60 Å². The first-order chi connectivity index (χ1) is 7.06. The van der Waals surface area contributed by atoms with E-state index in [2.05, 4.69) is 52.0 Å². The molecule has 0 unspecified atom stereocenters. The van der Waals surface area contributed by atoms with Crippen molar-refractivity contribution in [2.24, 2.45) is 11.8 Å². The van der Waals surface area contributed by atoms with Gasteiger partial charge in [0.1, 0.15) is 11.4 Å². The first-order valence-corrected chi connectivity index (χ1v) is 5.83. The molecule has 0 aromatic heterocycles. The van der Waals surface area contributed by atoms with Crippen LogP contribution < -0.4 is 4.74 Å². The molecule has 0 saturated carbocycles. The number of para-hydroxylation sites is 1. The molecule has 0 N–H and O–H groups in total. The molecule has 82 valence electrons. The van der Waals surface area contributed by atoms with E-state index in [9.17, 15) is 0 Å². The smallest absolute Gasteiger partial charge is 0.123 e. The van der Waals surface area contributed by atoms with Gasteiger partial charge >= 0.3 is 0 Å². The van der Waals surface area contributed by atoms with E-state index in [1.807, 2.05) is 0 Å². The van der Waals surface area contributed by atoms with Crippen LogP contribution in [0.1, 0.15) is 33.3 Å². The van der Waals surface area contributed by atoms with Crippen molar-refractivity contribution in [1.82, 2.24) is 0 Å². The molecule has 0 radical (unpaired) electrons. The molecule has 15 heavy (non-hydrogen) atoms. The molecule has 1 aliphatic rings. The van der Waals surface area contributed by atoms with Crippen LogP contribution in [0.25, 0.3) is 0 Å². The summed E-state index contributed by atoms with van der Waals surface area (Å²) in [7, 11) is 0. The summed E-state index contributed by atoms with van der Waals surface area (Å²) in [6.45, 7) is 9.02. The predicted molar refractivity (Wildman–Crippen MR) is 63.2 cm³/mol. The summed E-state index contributed by atoms with van der Waals surface area (Å²) >= 11 is 0. The van der Waals surface area contributed by atoms with Gasteiger partial charge in [-0.3, -0.25) is 0 Å². The van der Waals surface area contributed by atoms with Gasteiger partial charge in [-0.2, -0.15) is 0 Å². The Morgan fingerprint density at radius 1 is 1.07 bits per heavy atom. The fourth-order valence-corrected chi connectivity index (χ4v) is 2.60. The summed E-state index contributed by atoms with van der Waals surface area (Å²) in [5, 5.41) is 0. The minimum atomic E-state index is 0.00366. The normalized spacial score (nSPS) is 18.0. The lowest BCUT2D eigenvalue weighted by Crippen LogP contribution is -2.45. The second-order valence-electron chi connectivity index (χ2n) is 5.15. The summed E-state index contributed by atoms with van der Waals surface area (Å²) in [6, 6.07) is 8.41. The van der Waals surface area contributed by atoms with Crippen LogP contribution >= 0.6 is 0 Å². The molecule has 0 fully saturated rings. The maximum atomic E-state index is 6.22. The monoisotopic (exact) mass is 204 g/mol. The van der Waals surface area contributed by atoms with E-state index >= 15 is 0 Å². The van der Waals surface area contributed by atoms with Crippen molar-refractivity contribution in [2.45, 2.75) is 39.7 Å². The number of benzene rings is 1. The van der Waals surface area contributed by atoms with Crippen LogP contribution in [-0.2, 0) is 6.42 Å². The van der Waals surface area contributed by atoms with Gasteiger partial charge in [0, 0.05) is 6.42 Å². The summed E-state index contributed by atoms with van der Waals surface area (Å²) in [6.07, 6.45) is 1.05. The number of hydrogen-bond acceptors (Lipinski definition) is 1. The zero-order valence-corrected chi connectivity index (χ0v) is 10.1. The van der Waals surface area contributed by atoms with Crippen molar-refractivity contribution >= 4 is 0 Å². The number of fused-ring (bicyclic) bond motifs is 1. The largest absolute Gasteiger partial charge is 0.486 e. The summed E-state index contributed by atoms with van der Waals surface area (Å²) < 4.78 is 6.22. The van der Waals surface area contributed by atoms with Crippen molar-refractivity contribution in [2.75, 3.05) is 0 Å². The lowest BCUT2D eigenvalue weighted by Gasteiger charge is -2.36. The molecule has 1 aromatic carbocycles. The quantitative estimate of drug-likeness (QED) is 0.714. The molecule has 1 heterocycles. The second-order valence-corrected chi connectivity index (χ2v) is 5.15. The molecule has 1 aliphatic heterocycles. The molecular weight excluding hydrogens is 184 g/mol. The third kappa shape index (κ3) is 1.54. The fourth-order valence-electron chi connectivity index (χ4n) is 2.60. The lowest BCUT2D eigenvalue weighted by molar-refractivity contribution is -0.000541. The maximum Gasteiger partial charge on any atom is 0.123 e. The van der Waals surface area contributed by atoms with Crippen LogP contribution in [0.3, 0.4) is 0 Å². The van der Waals surface area contributed by atoms with Gasteiger partial charge in [-0.1, -0.05) is 45.9 Å². The Labute approximate surface area is 92.5 Å². The van der Waals surface area contributed by atoms with Crippen molar-refractivity contribution in [3.63, 3.8) is 0 Å². The van der Waals surface area contributed by atoms with Gasteiger partial charge in [-0.15, -0.1) is 0 Å². The van der Waals surface area contributed by atoms with Crippen LogP contribution in [0.2, 0.25) is 0 Å². The van der Waals surface area contributed by atoms with Crippen molar-refractivity contribution in [1.29, 1.82) is 0 Å². The molecule has 0 bridgehead atoms. The summed E-state index contributed by atoms with van der Waals surface area (Å²) in [5.41, 5.74) is 1.36. The Bertz CT molecular complexity index is 317. The minimum absolute atomic E-state index is 0.00366. The van der Waals surface area contributed by atoms with Crippen LogP contribution in [0, 0.1) is 11.8 Å². The minimum Gasteiger partial charge on any atom is -0.486 e. The molecule has 0 amide bonds. The molecule has 0 atom stereocenters. The summed E-state index contributed by atoms with van der Waals surface area (Å²) in [4.78, 5) is 0. The van der Waals surface area contributed by atoms with Crippen molar-refractivity contribution in [3.05, 3.63) is 29.8 Å². The van der Waals surface area contributed by atoms with Gasteiger partial charge in [-0.05, 0) is 23.5 Å². The van der Waals surface area contributed by atoms with E-state index in [0.29, 0.717) is 11.8 Å². The van der Waals surface area contributed by atoms with Crippen LogP contribution in [0.4, 0.5) is 0 Å². The molecular formula is C14H20O. The van der Waals surface area contributed by atoms with Gasteiger partial charge in [0.25, 0.3) is 0 Å². The summed E-state index contributed by atoms with van der Waals surface area (Å²) in [5.74, 6) is 2.18. The highest BCUT2D eigenvalue weighted by Crippen LogP contribution is 2.43. The van der Waals surface area contributed by atoms with E-state index in [0.717, 1.165) is 12.2 Å². The molecule has 2 rings (SSSR count). The van der Waals surface area contributed by atoms with Crippen molar-refractivity contribution < 1.29 is 4.74 Å². The molecule has 0 spiro atoms. The van der Waals surface area contributed by atoms with E-state index in [1.165, 1.54) is 5.56 Å². The first-order valence-electron chi connectivity index (χ1n) is 5.83. The van der Waals surface area contributed by atoms with Crippen LogP contribution in [0.5, 0.6) is 5.75 Å². The number of ether oxygens (including phenoxy) is 1. The van der Waals surface area contributed by atoms with Gasteiger partial charge in [0.05, 0.1) is 0 Å². The highest BCUT2D eigenvalue weighted by Gasteiger charge is 2.44. The Balaban J connectivity index is 2.36. The van der Waals surface area contributed by atoms with Gasteiger partial charge in [0.15, 0.2) is 0 Å². The fraction of sp³-hybridized carbons (Fsp3) is 0.571. The Kier molecular flexibility index (Phi) is 2.49. The molecule has 1 aromatic rings. The zero-order valence-electron chi connectivity index (χ0n) is 10.1. The molecule has 1 nitrogen and oxygen atoms in total. The second kappa shape index (κ2) is 3.55. The van der Waals surface area contributed by atoms with Crippen molar-refractivity contribution in [3.8, 4) is 5.75 Å². The first kappa shape index (κ1) is 10.5. The standard InChI is InChI=1S/C14H20O/c1-10(2)14(11(3)4)9-12-7-5-6-8-13(12)15-14/h5-8,10-11H,9H2,1-4H3. The maximum absolute atomic E-state index is 6.22. The van der Waals surface area contributed by atoms with E-state index < -0.39 is 0 Å². The predicted octanol–water partition coefficient (Wildman–Crippen LogP) is 3.67. The van der Waals surface area contributed by atoms with Gasteiger partial charge in [0.2, 0.25) is 0 Å². The highest BCUT2D eigenvalue weighted by molar-refractivity contribution is 5.39. The Morgan fingerprint density at radius 3 is 2.20 bits per heavy atom. The lowest BCUT2D eigenvalue weighted by atomic mass is 9.77.